The Kier molecular flexibility index (Phi) is 9.67. The zero-order valence-corrected chi connectivity index (χ0v) is 14.1. The molecule has 1 N–H and O–H groups in total. The van der Waals surface area contributed by atoms with E-state index in [0.717, 1.165) is 32.8 Å². The smallest absolute Gasteiger partial charge is 0.0595 e. The van der Waals surface area contributed by atoms with Gasteiger partial charge < -0.3 is 14.8 Å². The van der Waals surface area contributed by atoms with Crippen LogP contribution in [0.5, 0.6) is 0 Å². The van der Waals surface area contributed by atoms with Gasteiger partial charge in [-0.25, -0.2) is 0 Å². The van der Waals surface area contributed by atoms with Crippen molar-refractivity contribution in [1.29, 1.82) is 0 Å². The monoisotopic (exact) mass is 273 g/mol. The number of hydrogen-bond acceptors (Lipinski definition) is 3. The summed E-state index contributed by atoms with van der Waals surface area (Å²) in [7, 11) is 0. The highest BCUT2D eigenvalue weighted by Crippen LogP contribution is 2.21. The molecule has 19 heavy (non-hydrogen) atoms. The lowest BCUT2D eigenvalue weighted by Gasteiger charge is -2.27. The molecule has 0 saturated heterocycles. The van der Waals surface area contributed by atoms with Gasteiger partial charge in [-0.2, -0.15) is 0 Å². The van der Waals surface area contributed by atoms with E-state index in [1.807, 2.05) is 0 Å². The third-order valence-corrected chi connectivity index (χ3v) is 3.73. The fourth-order valence-corrected chi connectivity index (χ4v) is 1.37. The molecule has 0 heterocycles. The summed E-state index contributed by atoms with van der Waals surface area (Å²) in [5.74, 6) is 0.673. The van der Waals surface area contributed by atoms with Gasteiger partial charge in [-0.1, -0.05) is 34.6 Å². The first kappa shape index (κ1) is 18.9. The summed E-state index contributed by atoms with van der Waals surface area (Å²) in [6.45, 7) is 18.7. The molecule has 0 rings (SSSR count). The summed E-state index contributed by atoms with van der Waals surface area (Å²) in [5, 5.41) is 3.45. The van der Waals surface area contributed by atoms with E-state index in [1.54, 1.807) is 0 Å². The summed E-state index contributed by atoms with van der Waals surface area (Å²) in [5.41, 5.74) is 0.220. The van der Waals surface area contributed by atoms with Crippen LogP contribution in [0.2, 0.25) is 0 Å². The topological polar surface area (TPSA) is 30.5 Å². The minimum Gasteiger partial charge on any atom is -0.380 e. The van der Waals surface area contributed by atoms with E-state index in [9.17, 15) is 0 Å². The lowest BCUT2D eigenvalue weighted by molar-refractivity contribution is -0.0143. The first-order valence-corrected chi connectivity index (χ1v) is 7.68. The van der Waals surface area contributed by atoms with Gasteiger partial charge in [-0.15, -0.1) is 0 Å². The number of nitrogens with one attached hydrogen (secondary N) is 1. The third kappa shape index (κ3) is 10.3. The van der Waals surface area contributed by atoms with Crippen molar-refractivity contribution >= 4 is 0 Å². The minimum absolute atomic E-state index is 0.220. The van der Waals surface area contributed by atoms with Crippen LogP contribution < -0.4 is 5.32 Å². The average Bonchev–Trinajstić information content (AvgIpc) is 2.30. The first-order valence-electron chi connectivity index (χ1n) is 7.68. The first-order chi connectivity index (χ1) is 8.75. The van der Waals surface area contributed by atoms with Gasteiger partial charge in [0.1, 0.15) is 0 Å². The number of rotatable bonds is 10. The van der Waals surface area contributed by atoms with E-state index in [2.05, 4.69) is 53.8 Å². The van der Waals surface area contributed by atoms with Gasteiger partial charge in [0, 0.05) is 25.8 Å². The van der Waals surface area contributed by atoms with Crippen molar-refractivity contribution in [3.8, 4) is 0 Å². The average molecular weight is 273 g/mol. The molecular weight excluding hydrogens is 238 g/mol. The van der Waals surface area contributed by atoms with Crippen LogP contribution in [0.1, 0.15) is 54.9 Å². The van der Waals surface area contributed by atoms with E-state index in [0.29, 0.717) is 18.1 Å². The Balaban J connectivity index is 3.33. The Bertz CT molecular complexity index is 211. The van der Waals surface area contributed by atoms with Crippen LogP contribution >= 0.6 is 0 Å². The van der Waals surface area contributed by atoms with E-state index >= 15 is 0 Å². The summed E-state index contributed by atoms with van der Waals surface area (Å²) < 4.78 is 11.4. The van der Waals surface area contributed by atoms with E-state index in [4.69, 9.17) is 9.47 Å². The van der Waals surface area contributed by atoms with Crippen molar-refractivity contribution in [2.24, 2.45) is 11.3 Å². The van der Waals surface area contributed by atoms with Crippen molar-refractivity contribution in [1.82, 2.24) is 5.32 Å². The molecule has 0 fully saturated rings. The number of ether oxygens (including phenoxy) is 2. The summed E-state index contributed by atoms with van der Waals surface area (Å²) in [4.78, 5) is 0. The molecule has 0 bridgehead atoms. The molecule has 116 valence electrons. The zero-order valence-electron chi connectivity index (χ0n) is 14.1. The molecule has 3 nitrogen and oxygen atoms in total. The van der Waals surface area contributed by atoms with Crippen LogP contribution in [0.15, 0.2) is 0 Å². The van der Waals surface area contributed by atoms with Crippen molar-refractivity contribution in [2.75, 3.05) is 26.4 Å². The minimum atomic E-state index is 0.220. The lowest BCUT2D eigenvalue weighted by atomic mass is 9.90. The van der Waals surface area contributed by atoms with Gasteiger partial charge in [0.2, 0.25) is 0 Å². The SMILES string of the molecule is CC(C)[C@@H](C)NCCOCCCO[C@@H](C)C(C)(C)C. The second kappa shape index (κ2) is 9.73. The second-order valence-electron chi connectivity index (χ2n) is 6.83. The molecule has 0 aliphatic carbocycles. The van der Waals surface area contributed by atoms with Crippen LogP contribution in [-0.4, -0.2) is 38.5 Å². The van der Waals surface area contributed by atoms with E-state index < -0.39 is 0 Å². The van der Waals surface area contributed by atoms with Crippen LogP contribution in [0.4, 0.5) is 0 Å². The predicted molar refractivity (Wildman–Crippen MR) is 82.6 cm³/mol. The van der Waals surface area contributed by atoms with Crippen molar-refractivity contribution in [3.05, 3.63) is 0 Å². The van der Waals surface area contributed by atoms with Crippen LogP contribution in [-0.2, 0) is 9.47 Å². The van der Waals surface area contributed by atoms with Gasteiger partial charge in [0.25, 0.3) is 0 Å². The Hall–Kier alpha value is -0.120. The molecule has 0 amide bonds. The summed E-state index contributed by atoms with van der Waals surface area (Å²) in [6.07, 6.45) is 1.27. The van der Waals surface area contributed by atoms with Gasteiger partial charge >= 0.3 is 0 Å². The molecule has 0 spiro atoms. The van der Waals surface area contributed by atoms with E-state index in [1.165, 1.54) is 0 Å². The van der Waals surface area contributed by atoms with Crippen LogP contribution in [0.25, 0.3) is 0 Å². The molecule has 0 unspecified atom stereocenters. The van der Waals surface area contributed by atoms with Gasteiger partial charge in [-0.3, -0.25) is 0 Å². The van der Waals surface area contributed by atoms with Crippen molar-refractivity contribution < 1.29 is 9.47 Å². The molecule has 2 atom stereocenters. The Morgan fingerprint density at radius 1 is 0.947 bits per heavy atom. The van der Waals surface area contributed by atoms with Crippen LogP contribution in [0, 0.1) is 11.3 Å². The largest absolute Gasteiger partial charge is 0.380 e. The second-order valence-corrected chi connectivity index (χ2v) is 6.83. The normalized spacial score (nSPS) is 15.8. The Morgan fingerprint density at radius 3 is 2.11 bits per heavy atom. The molecule has 0 radical (unpaired) electrons. The van der Waals surface area contributed by atoms with Gasteiger partial charge in [0.15, 0.2) is 0 Å². The summed E-state index contributed by atoms with van der Waals surface area (Å²) in [6, 6.07) is 0.555. The third-order valence-electron chi connectivity index (χ3n) is 3.73. The van der Waals surface area contributed by atoms with Gasteiger partial charge in [-0.05, 0) is 31.6 Å². The predicted octanol–water partition coefficient (Wildman–Crippen LogP) is 3.48. The standard InChI is InChI=1S/C16H35NO2/c1-13(2)14(3)17-9-12-18-10-8-11-19-15(4)16(5,6)7/h13-15,17H,8-12H2,1-7H3/t14-,15+/m1/s1. The molecule has 0 aliphatic heterocycles. The Labute approximate surface area is 120 Å². The maximum absolute atomic E-state index is 5.79. The van der Waals surface area contributed by atoms with E-state index in [-0.39, 0.29) is 5.41 Å². The molecule has 0 aromatic rings. The molecule has 0 aromatic heterocycles. The van der Waals surface area contributed by atoms with Gasteiger partial charge in [0.05, 0.1) is 12.7 Å². The maximum atomic E-state index is 5.79. The molecule has 0 aliphatic rings. The molecule has 0 aromatic carbocycles. The fourth-order valence-electron chi connectivity index (χ4n) is 1.37. The highest BCUT2D eigenvalue weighted by atomic mass is 16.5. The number of hydrogen-bond donors (Lipinski definition) is 1. The highest BCUT2D eigenvalue weighted by Gasteiger charge is 2.19. The molecule has 0 saturated carbocycles. The Morgan fingerprint density at radius 2 is 1.58 bits per heavy atom. The highest BCUT2D eigenvalue weighted by molar-refractivity contribution is 4.69. The quantitative estimate of drug-likeness (QED) is 0.618. The summed E-state index contributed by atoms with van der Waals surface area (Å²) >= 11 is 0. The maximum Gasteiger partial charge on any atom is 0.0595 e. The van der Waals surface area contributed by atoms with Crippen molar-refractivity contribution in [3.63, 3.8) is 0 Å². The van der Waals surface area contributed by atoms with Crippen LogP contribution in [0.3, 0.4) is 0 Å². The zero-order chi connectivity index (χ0) is 14.9. The van der Waals surface area contributed by atoms with Crippen molar-refractivity contribution in [2.45, 2.75) is 67.0 Å². The fraction of sp³-hybridized carbons (Fsp3) is 1.00. The lowest BCUT2D eigenvalue weighted by Crippen LogP contribution is -2.33. The molecule has 3 heteroatoms. The molecular formula is C16H35NO2.